The fourth-order valence-electron chi connectivity index (χ4n) is 5.49. The van der Waals surface area contributed by atoms with Gasteiger partial charge in [-0.1, -0.05) is 30.3 Å². The second kappa shape index (κ2) is 14.2. The van der Waals surface area contributed by atoms with Gasteiger partial charge in [0.1, 0.15) is 11.5 Å². The number of methoxy groups -OCH3 is 1. The van der Waals surface area contributed by atoms with Gasteiger partial charge in [0.05, 0.1) is 19.1 Å². The number of likely N-dealkylation sites (tertiary alicyclic amines) is 1. The molecule has 2 heterocycles. The number of phenols is 1. The summed E-state index contributed by atoms with van der Waals surface area (Å²) in [5, 5.41) is 14.0. The molecule has 1 saturated heterocycles. The van der Waals surface area contributed by atoms with Crippen molar-refractivity contribution in [1.29, 1.82) is 0 Å². The number of nitrogens with one attached hydrogen (secondary N) is 1. The minimum atomic E-state index is -0.197. The van der Waals surface area contributed by atoms with Crippen LogP contribution in [0.5, 0.6) is 17.2 Å². The van der Waals surface area contributed by atoms with Crippen LogP contribution in [0.1, 0.15) is 37.7 Å². The van der Waals surface area contributed by atoms with Gasteiger partial charge < -0.3 is 24.3 Å². The SMILES string of the molecule is COc1c(O)ccc2c(=O)cc(-c3ccc(OCCCCNCCC4CCN(Cc5ccccc5)CC4)cc3)oc12. The summed E-state index contributed by atoms with van der Waals surface area (Å²) >= 11 is 0. The quantitative estimate of drug-likeness (QED) is 0.189. The van der Waals surface area contributed by atoms with E-state index in [9.17, 15) is 9.90 Å². The summed E-state index contributed by atoms with van der Waals surface area (Å²) < 4.78 is 17.1. The van der Waals surface area contributed by atoms with Crippen molar-refractivity contribution in [3.63, 3.8) is 0 Å². The number of benzene rings is 3. The molecule has 7 heteroatoms. The molecule has 1 aliphatic rings. The summed E-state index contributed by atoms with van der Waals surface area (Å²) in [6, 6.07) is 22.7. The van der Waals surface area contributed by atoms with Crippen LogP contribution in [0.25, 0.3) is 22.3 Å². The first-order valence-electron chi connectivity index (χ1n) is 14.6. The van der Waals surface area contributed by atoms with E-state index in [0.717, 1.165) is 49.7 Å². The van der Waals surface area contributed by atoms with Gasteiger partial charge in [0.25, 0.3) is 0 Å². The topological polar surface area (TPSA) is 84.2 Å². The van der Waals surface area contributed by atoms with Gasteiger partial charge in [0.15, 0.2) is 16.8 Å². The lowest BCUT2D eigenvalue weighted by molar-refractivity contribution is 0.172. The van der Waals surface area contributed by atoms with Crippen LogP contribution in [0.3, 0.4) is 0 Å². The van der Waals surface area contributed by atoms with Gasteiger partial charge in [0.2, 0.25) is 5.75 Å². The Balaban J connectivity index is 0.975. The number of phenolic OH excluding ortho intramolecular Hbond substituents is 1. The minimum Gasteiger partial charge on any atom is -0.504 e. The first-order valence-corrected chi connectivity index (χ1v) is 14.6. The van der Waals surface area contributed by atoms with E-state index in [0.29, 0.717) is 17.8 Å². The molecule has 0 radical (unpaired) electrons. The molecular weight excluding hydrogens is 516 g/mol. The molecule has 1 fully saturated rings. The number of ether oxygens (including phenoxy) is 2. The van der Waals surface area contributed by atoms with Crippen molar-refractivity contribution >= 4 is 11.0 Å². The second-order valence-corrected chi connectivity index (χ2v) is 10.8. The van der Waals surface area contributed by atoms with Crippen LogP contribution in [0.4, 0.5) is 0 Å². The Bertz CT molecular complexity index is 1440. The summed E-state index contributed by atoms with van der Waals surface area (Å²) in [4.78, 5) is 15.2. The van der Waals surface area contributed by atoms with Gasteiger partial charge in [-0.15, -0.1) is 0 Å². The van der Waals surface area contributed by atoms with E-state index in [1.165, 1.54) is 63.2 Å². The van der Waals surface area contributed by atoms with Crippen molar-refractivity contribution < 1.29 is 19.0 Å². The Labute approximate surface area is 241 Å². The van der Waals surface area contributed by atoms with Gasteiger partial charge >= 0.3 is 0 Å². The van der Waals surface area contributed by atoms with Crippen LogP contribution in [0, 0.1) is 5.92 Å². The third kappa shape index (κ3) is 7.69. The summed E-state index contributed by atoms with van der Waals surface area (Å²) in [5.74, 6) is 2.09. The average molecular weight is 557 g/mol. The normalized spacial score (nSPS) is 14.4. The maximum absolute atomic E-state index is 12.6. The van der Waals surface area contributed by atoms with Gasteiger partial charge in [-0.3, -0.25) is 9.69 Å². The highest BCUT2D eigenvalue weighted by Gasteiger charge is 2.19. The molecule has 0 amide bonds. The molecular formula is C34H40N2O5. The van der Waals surface area contributed by atoms with Gasteiger partial charge in [-0.05, 0) is 106 Å². The number of unbranched alkanes of at least 4 members (excludes halogenated alkanes) is 1. The molecule has 0 bridgehead atoms. The van der Waals surface area contributed by atoms with Crippen molar-refractivity contribution in [3.8, 4) is 28.6 Å². The third-order valence-corrected chi connectivity index (χ3v) is 7.88. The van der Waals surface area contributed by atoms with E-state index in [-0.39, 0.29) is 22.5 Å². The van der Waals surface area contributed by atoms with Crippen molar-refractivity contribution in [3.05, 3.63) is 88.6 Å². The number of fused-ring (bicyclic) bond motifs is 1. The van der Waals surface area contributed by atoms with E-state index in [1.807, 2.05) is 24.3 Å². The first kappa shape index (κ1) is 28.7. The maximum atomic E-state index is 12.6. The van der Waals surface area contributed by atoms with E-state index in [4.69, 9.17) is 13.9 Å². The van der Waals surface area contributed by atoms with Crippen LogP contribution >= 0.6 is 0 Å². The number of rotatable bonds is 13. The molecule has 5 rings (SSSR count). The van der Waals surface area contributed by atoms with Gasteiger partial charge in [-0.25, -0.2) is 0 Å². The van der Waals surface area contributed by atoms with Crippen molar-refractivity contribution in [1.82, 2.24) is 10.2 Å². The average Bonchev–Trinajstić information content (AvgIpc) is 3.00. The summed E-state index contributed by atoms with van der Waals surface area (Å²) in [6.07, 6.45) is 5.91. The van der Waals surface area contributed by atoms with Crippen molar-refractivity contribution in [2.75, 3.05) is 39.9 Å². The molecule has 0 aliphatic carbocycles. The lowest BCUT2D eigenvalue weighted by Crippen LogP contribution is -2.34. The fraction of sp³-hybridized carbons (Fsp3) is 0.382. The molecule has 4 aromatic rings. The molecule has 7 nitrogen and oxygen atoms in total. The summed E-state index contributed by atoms with van der Waals surface area (Å²) in [7, 11) is 1.43. The Morgan fingerprint density at radius 2 is 1.76 bits per heavy atom. The number of nitrogens with zero attached hydrogens (tertiary/aromatic N) is 1. The standard InChI is InChI=1S/C34H40N2O5/c1-39-34-30(37)14-13-29-31(38)23-32(41-33(29)34)27-9-11-28(12-10-27)40-22-6-5-18-35-19-15-25-16-20-36(21-17-25)24-26-7-3-2-4-8-26/h2-4,7-14,23,25,35,37H,5-6,15-22,24H2,1H3. The maximum Gasteiger partial charge on any atom is 0.204 e. The van der Waals surface area contributed by atoms with Crippen LogP contribution in [0.2, 0.25) is 0 Å². The molecule has 3 aromatic carbocycles. The smallest absolute Gasteiger partial charge is 0.204 e. The van der Waals surface area contributed by atoms with E-state index in [2.05, 4.69) is 40.5 Å². The number of aromatic hydroxyl groups is 1. The lowest BCUT2D eigenvalue weighted by Gasteiger charge is -2.32. The zero-order valence-electron chi connectivity index (χ0n) is 23.8. The third-order valence-electron chi connectivity index (χ3n) is 7.88. The highest BCUT2D eigenvalue weighted by molar-refractivity contribution is 5.86. The predicted octanol–water partition coefficient (Wildman–Crippen LogP) is 6.23. The monoisotopic (exact) mass is 556 g/mol. The minimum absolute atomic E-state index is 0.0744. The largest absolute Gasteiger partial charge is 0.504 e. The van der Waals surface area contributed by atoms with E-state index < -0.39 is 0 Å². The number of piperidine rings is 1. The van der Waals surface area contributed by atoms with Crippen LogP contribution in [-0.2, 0) is 6.54 Å². The van der Waals surface area contributed by atoms with Gasteiger partial charge in [-0.2, -0.15) is 0 Å². The number of hydrogen-bond acceptors (Lipinski definition) is 7. The van der Waals surface area contributed by atoms with Crippen molar-refractivity contribution in [2.45, 2.75) is 38.6 Å². The predicted molar refractivity (Wildman–Crippen MR) is 163 cm³/mol. The van der Waals surface area contributed by atoms with Gasteiger partial charge in [0, 0.05) is 18.2 Å². The molecule has 41 heavy (non-hydrogen) atoms. The molecule has 1 aliphatic heterocycles. The van der Waals surface area contributed by atoms with E-state index in [1.54, 1.807) is 0 Å². The van der Waals surface area contributed by atoms with Crippen LogP contribution in [-0.4, -0.2) is 49.9 Å². The zero-order chi connectivity index (χ0) is 28.4. The first-order chi connectivity index (χ1) is 20.1. The summed E-state index contributed by atoms with van der Waals surface area (Å²) in [6.45, 7) is 6.23. The Morgan fingerprint density at radius 3 is 2.51 bits per heavy atom. The highest BCUT2D eigenvalue weighted by Crippen LogP contribution is 2.35. The Morgan fingerprint density at radius 1 is 0.976 bits per heavy atom. The molecule has 216 valence electrons. The molecule has 1 aromatic heterocycles. The highest BCUT2D eigenvalue weighted by atomic mass is 16.5. The molecule has 2 N–H and O–H groups in total. The van der Waals surface area contributed by atoms with E-state index >= 15 is 0 Å². The second-order valence-electron chi connectivity index (χ2n) is 10.8. The number of hydrogen-bond donors (Lipinski definition) is 2. The fourth-order valence-corrected chi connectivity index (χ4v) is 5.49. The van der Waals surface area contributed by atoms with Crippen LogP contribution < -0.4 is 20.2 Å². The zero-order valence-corrected chi connectivity index (χ0v) is 23.8. The van der Waals surface area contributed by atoms with Crippen LogP contribution in [0.15, 0.2) is 82.0 Å². The van der Waals surface area contributed by atoms with Crippen molar-refractivity contribution in [2.24, 2.45) is 5.92 Å². The molecule has 0 spiro atoms. The Kier molecular flexibility index (Phi) is 9.94. The molecule has 0 atom stereocenters. The lowest BCUT2D eigenvalue weighted by atomic mass is 9.93. The Hall–Kier alpha value is -3.81. The molecule has 0 unspecified atom stereocenters. The summed E-state index contributed by atoms with van der Waals surface area (Å²) in [5.41, 5.74) is 2.19. The molecule has 0 saturated carbocycles.